The van der Waals surface area contributed by atoms with Crippen molar-refractivity contribution in [3.63, 3.8) is 0 Å². The fourth-order valence-electron chi connectivity index (χ4n) is 1.08. The van der Waals surface area contributed by atoms with Gasteiger partial charge in [0, 0.05) is 20.0 Å². The van der Waals surface area contributed by atoms with Crippen molar-refractivity contribution in [3.8, 4) is 12.3 Å². The summed E-state index contributed by atoms with van der Waals surface area (Å²) in [6.07, 6.45) is 5.78. The lowest BCUT2D eigenvalue weighted by Crippen LogP contribution is -2.38. The standard InChI is InChI=1S/C10H15N5O/c1-4-6-12-10(11-3)13-7-5-9-14-8(2)15-16-9/h1H,5-7H2,2-3H3,(H2,11,12,13). The molecule has 0 saturated carbocycles. The van der Waals surface area contributed by atoms with Gasteiger partial charge in [0.15, 0.2) is 11.8 Å². The molecule has 0 aliphatic heterocycles. The summed E-state index contributed by atoms with van der Waals surface area (Å²) >= 11 is 0. The van der Waals surface area contributed by atoms with Crippen molar-refractivity contribution in [1.29, 1.82) is 0 Å². The van der Waals surface area contributed by atoms with Crippen LogP contribution >= 0.6 is 0 Å². The Hall–Kier alpha value is -2.03. The van der Waals surface area contributed by atoms with Crippen LogP contribution in [0, 0.1) is 19.3 Å². The molecule has 0 bridgehead atoms. The van der Waals surface area contributed by atoms with Crippen LogP contribution in [0.1, 0.15) is 11.7 Å². The molecule has 0 fully saturated rings. The number of rotatable bonds is 4. The zero-order chi connectivity index (χ0) is 11.8. The van der Waals surface area contributed by atoms with E-state index in [0.29, 0.717) is 37.2 Å². The van der Waals surface area contributed by atoms with Crippen molar-refractivity contribution in [2.45, 2.75) is 13.3 Å². The summed E-state index contributed by atoms with van der Waals surface area (Å²) in [4.78, 5) is 8.08. The lowest BCUT2D eigenvalue weighted by Gasteiger charge is -2.07. The molecule has 0 atom stereocenters. The summed E-state index contributed by atoms with van der Waals surface area (Å²) < 4.78 is 4.97. The molecule has 6 nitrogen and oxygen atoms in total. The summed E-state index contributed by atoms with van der Waals surface area (Å²) in [5.74, 6) is 4.38. The van der Waals surface area contributed by atoms with Crippen LogP contribution in [0.15, 0.2) is 9.52 Å². The summed E-state index contributed by atoms with van der Waals surface area (Å²) in [7, 11) is 1.68. The van der Waals surface area contributed by atoms with Gasteiger partial charge < -0.3 is 15.2 Å². The van der Waals surface area contributed by atoms with Gasteiger partial charge in [-0.15, -0.1) is 6.42 Å². The number of terminal acetylenes is 1. The van der Waals surface area contributed by atoms with Crippen LogP contribution in [0.4, 0.5) is 0 Å². The summed E-state index contributed by atoms with van der Waals surface area (Å²) in [6.45, 7) is 2.89. The molecule has 1 rings (SSSR count). The predicted molar refractivity (Wildman–Crippen MR) is 60.9 cm³/mol. The summed E-state index contributed by atoms with van der Waals surface area (Å²) in [5, 5.41) is 9.72. The number of hydrogen-bond acceptors (Lipinski definition) is 4. The smallest absolute Gasteiger partial charge is 0.228 e. The topological polar surface area (TPSA) is 75.3 Å². The number of nitrogens with one attached hydrogen (secondary N) is 2. The van der Waals surface area contributed by atoms with Gasteiger partial charge in [0.2, 0.25) is 5.89 Å². The Morgan fingerprint density at radius 1 is 1.56 bits per heavy atom. The lowest BCUT2D eigenvalue weighted by atomic mass is 10.4. The van der Waals surface area contributed by atoms with Crippen LogP contribution in [-0.4, -0.2) is 36.2 Å². The van der Waals surface area contributed by atoms with Gasteiger partial charge in [0.05, 0.1) is 6.54 Å². The molecule has 0 spiro atoms. The SMILES string of the molecule is C#CCNC(=NC)NCCc1nc(C)no1. The molecule has 0 saturated heterocycles. The van der Waals surface area contributed by atoms with Gasteiger partial charge in [-0.1, -0.05) is 11.1 Å². The minimum atomic E-state index is 0.444. The third kappa shape index (κ3) is 4.00. The molecular formula is C10H15N5O. The Balaban J connectivity index is 2.26. The van der Waals surface area contributed by atoms with Gasteiger partial charge in [0.25, 0.3) is 0 Å². The van der Waals surface area contributed by atoms with Crippen molar-refractivity contribution >= 4 is 5.96 Å². The van der Waals surface area contributed by atoms with Gasteiger partial charge in [-0.25, -0.2) is 0 Å². The Bertz CT molecular complexity index is 390. The molecule has 6 heteroatoms. The highest BCUT2D eigenvalue weighted by Gasteiger charge is 2.02. The minimum absolute atomic E-state index is 0.444. The van der Waals surface area contributed by atoms with Crippen molar-refractivity contribution in [2.75, 3.05) is 20.1 Å². The summed E-state index contributed by atoms with van der Waals surface area (Å²) in [5.41, 5.74) is 0. The van der Waals surface area contributed by atoms with E-state index in [-0.39, 0.29) is 0 Å². The van der Waals surface area contributed by atoms with E-state index in [0.717, 1.165) is 0 Å². The maximum absolute atomic E-state index is 5.13. The first-order chi connectivity index (χ1) is 7.76. The first-order valence-corrected chi connectivity index (χ1v) is 4.93. The van der Waals surface area contributed by atoms with Crippen molar-refractivity contribution < 1.29 is 4.52 Å². The van der Waals surface area contributed by atoms with Crippen molar-refractivity contribution in [2.24, 2.45) is 4.99 Å². The van der Waals surface area contributed by atoms with E-state index in [2.05, 4.69) is 31.7 Å². The molecule has 0 amide bonds. The maximum Gasteiger partial charge on any atom is 0.228 e. The van der Waals surface area contributed by atoms with Gasteiger partial charge in [-0.3, -0.25) is 4.99 Å². The monoisotopic (exact) mass is 221 g/mol. The second-order valence-electron chi connectivity index (χ2n) is 3.04. The fourth-order valence-corrected chi connectivity index (χ4v) is 1.08. The maximum atomic E-state index is 5.13. The zero-order valence-corrected chi connectivity index (χ0v) is 9.45. The Labute approximate surface area is 94.5 Å². The average molecular weight is 221 g/mol. The predicted octanol–water partition coefficient (Wildman–Crippen LogP) is -0.281. The number of aliphatic imine (C=N–C) groups is 1. The van der Waals surface area contributed by atoms with Crippen LogP contribution in [0.2, 0.25) is 0 Å². The highest BCUT2D eigenvalue weighted by Crippen LogP contribution is 1.95. The van der Waals surface area contributed by atoms with Gasteiger partial charge in [-0.05, 0) is 6.92 Å². The molecule has 1 heterocycles. The Kier molecular flexibility index (Phi) is 4.86. The number of hydrogen-bond donors (Lipinski definition) is 2. The molecule has 0 unspecified atom stereocenters. The number of aryl methyl sites for hydroxylation is 1. The first-order valence-electron chi connectivity index (χ1n) is 4.93. The van der Waals surface area contributed by atoms with Gasteiger partial charge in [-0.2, -0.15) is 4.98 Å². The molecule has 0 radical (unpaired) electrons. The quantitative estimate of drug-likeness (QED) is 0.415. The molecule has 16 heavy (non-hydrogen) atoms. The highest BCUT2D eigenvalue weighted by molar-refractivity contribution is 5.79. The molecular weight excluding hydrogens is 206 g/mol. The molecule has 86 valence electrons. The highest BCUT2D eigenvalue weighted by atomic mass is 16.5. The van der Waals surface area contributed by atoms with E-state index < -0.39 is 0 Å². The number of aromatic nitrogens is 2. The van der Waals surface area contributed by atoms with Crippen LogP contribution in [-0.2, 0) is 6.42 Å². The minimum Gasteiger partial charge on any atom is -0.356 e. The molecule has 0 aromatic carbocycles. The van der Waals surface area contributed by atoms with E-state index >= 15 is 0 Å². The summed E-state index contributed by atoms with van der Waals surface area (Å²) in [6, 6.07) is 0. The Morgan fingerprint density at radius 3 is 2.94 bits per heavy atom. The molecule has 1 aromatic rings. The first kappa shape index (κ1) is 12.0. The van der Waals surface area contributed by atoms with Crippen molar-refractivity contribution in [3.05, 3.63) is 11.7 Å². The van der Waals surface area contributed by atoms with Crippen LogP contribution in [0.5, 0.6) is 0 Å². The number of guanidine groups is 1. The van der Waals surface area contributed by atoms with Crippen LogP contribution in [0.25, 0.3) is 0 Å². The van der Waals surface area contributed by atoms with E-state index in [1.54, 1.807) is 14.0 Å². The second-order valence-corrected chi connectivity index (χ2v) is 3.04. The normalized spacial score (nSPS) is 10.9. The third-order valence-corrected chi connectivity index (χ3v) is 1.78. The van der Waals surface area contributed by atoms with Crippen LogP contribution < -0.4 is 10.6 Å². The molecule has 2 N–H and O–H groups in total. The zero-order valence-electron chi connectivity index (χ0n) is 9.45. The van der Waals surface area contributed by atoms with Crippen molar-refractivity contribution in [1.82, 2.24) is 20.8 Å². The average Bonchev–Trinajstić information content (AvgIpc) is 2.69. The fraction of sp³-hybridized carbons (Fsp3) is 0.500. The largest absolute Gasteiger partial charge is 0.356 e. The van der Waals surface area contributed by atoms with Crippen LogP contribution in [0.3, 0.4) is 0 Å². The molecule has 0 aliphatic carbocycles. The van der Waals surface area contributed by atoms with Gasteiger partial charge >= 0.3 is 0 Å². The third-order valence-electron chi connectivity index (χ3n) is 1.78. The van der Waals surface area contributed by atoms with E-state index in [1.807, 2.05) is 0 Å². The van der Waals surface area contributed by atoms with E-state index in [4.69, 9.17) is 10.9 Å². The number of nitrogens with zero attached hydrogens (tertiary/aromatic N) is 3. The van der Waals surface area contributed by atoms with E-state index in [9.17, 15) is 0 Å². The molecule has 1 aromatic heterocycles. The van der Waals surface area contributed by atoms with Gasteiger partial charge in [0.1, 0.15) is 0 Å². The Morgan fingerprint density at radius 2 is 2.38 bits per heavy atom. The lowest BCUT2D eigenvalue weighted by molar-refractivity contribution is 0.374. The second kappa shape index (κ2) is 6.45. The molecule has 0 aliphatic rings. The van der Waals surface area contributed by atoms with E-state index in [1.165, 1.54) is 0 Å².